The number of aliphatic hydroxyl groups is 1. The molecule has 0 radical (unpaired) electrons. The van der Waals surface area contributed by atoms with Crippen LogP contribution in [0.4, 0.5) is 5.69 Å². The third-order valence-corrected chi connectivity index (χ3v) is 14.0. The molecule has 0 aliphatic carbocycles. The molecule has 1 aliphatic rings. The van der Waals surface area contributed by atoms with Gasteiger partial charge < -0.3 is 91.5 Å². The quantitative estimate of drug-likeness (QED) is 0.0238. The van der Waals surface area contributed by atoms with Crippen molar-refractivity contribution >= 4 is 88.2 Å². The maximum Gasteiger partial charge on any atom is 0.245 e. The first-order valence-electron chi connectivity index (χ1n) is 30.0. The number of fused-ring (bicyclic) bond motifs is 1. The number of carbonyl (C=O) groups is 13. The molecule has 7 atom stereocenters. The van der Waals surface area contributed by atoms with Crippen LogP contribution < -0.4 is 81.4 Å². The minimum Gasteiger partial charge on any atom is -0.394 e. The summed E-state index contributed by atoms with van der Waals surface area (Å²) in [4.78, 5) is 182. The number of primary amides is 2. The molecular weight excluding hydrogens is 1180 g/mol. The van der Waals surface area contributed by atoms with E-state index in [0.717, 1.165) is 0 Å². The summed E-state index contributed by atoms with van der Waals surface area (Å²) in [6.45, 7) is 1.63. The molecule has 0 unspecified atom stereocenters. The molecule has 32 heteroatoms. The number of para-hydroxylation sites is 1. The first kappa shape index (κ1) is 73.8. The molecule has 3 aromatic rings. The molecule has 91 heavy (non-hydrogen) atoms. The summed E-state index contributed by atoms with van der Waals surface area (Å²) in [5.74, 6) is -10.2. The minimum atomic E-state index is -1.70. The summed E-state index contributed by atoms with van der Waals surface area (Å²) in [5.41, 5.74) is 23.7. The minimum absolute atomic E-state index is 0.0356. The Labute approximate surface area is 525 Å². The number of ketones is 1. The standard InChI is InChI=1S/C59H86N18O14/c1-34(2)26-42(55(87)66-25-20-48(81)65-24-21-49(82)70-39(16-8-10-22-60)53(85)67-30-47(63)80)75-56(88)41(18-19-46(62)79)71-50(83)31-68-54(86)40(17-9-11-23-61)74-59(91)45(32-78)77-57(89)43(27-35-12-4-3-5-13-35)76-58(90)44(28-36-29-64-33-69-36)73-52-51(84)37-14-6-7-15-38(37)72-52/h3-7,12-15,29,33-34,39-45,78H,8-11,16-28,30-32,60-61H2,1-2H3,(H2,62,79)(H2,63,80)(H,64,69)(H,65,81)(H,66,87)(H,67,85)(H,68,86)(H,70,82)(H,71,83)(H,74,91)(H,75,88)(H,76,90)(H,77,89)(H,72,73,84)/t39-,40-,41-,42-,43-,44-,45-/m0/s1. The summed E-state index contributed by atoms with van der Waals surface area (Å²) in [6, 6.07) is 5.85. The average molecular weight is 1270 g/mol. The molecule has 21 N–H and O–H groups in total. The second-order valence-electron chi connectivity index (χ2n) is 21.9. The Hall–Kier alpha value is -9.69. The second-order valence-corrected chi connectivity index (χ2v) is 21.9. The number of nitrogens with two attached hydrogens (primary N) is 4. The van der Waals surface area contributed by atoms with Gasteiger partial charge in [0.25, 0.3) is 0 Å². The van der Waals surface area contributed by atoms with Gasteiger partial charge in [0.15, 0.2) is 5.84 Å². The number of amides is 12. The SMILES string of the molecule is CC(C)C[C@H](NC(=O)[C@H](CCC(N)=O)NC(=O)CNC(=O)[C@H](CCCCN)NC(=O)[C@H](CO)NC(=O)[C@H](Cc1ccccc1)NC(=O)[C@H](Cc1cnc[nH]1)N=C1Nc2ccccc2C1=O)C(=O)NCCC(=O)NCCC(=O)N[C@@H](CCCCN)C(=O)NCC(N)=O. The first-order chi connectivity index (χ1) is 43.5. The van der Waals surface area contributed by atoms with E-state index in [1.54, 1.807) is 68.4 Å². The van der Waals surface area contributed by atoms with Gasteiger partial charge in [0.1, 0.15) is 42.3 Å². The van der Waals surface area contributed by atoms with E-state index >= 15 is 0 Å². The van der Waals surface area contributed by atoms with Crippen LogP contribution in [-0.2, 0) is 70.4 Å². The molecule has 496 valence electrons. The maximum absolute atomic E-state index is 14.2. The van der Waals surface area contributed by atoms with Crippen LogP contribution in [0.5, 0.6) is 0 Å². The molecule has 0 bridgehead atoms. The van der Waals surface area contributed by atoms with Crippen molar-refractivity contribution in [2.75, 3.05) is 51.2 Å². The van der Waals surface area contributed by atoms with Crippen molar-refractivity contribution in [1.29, 1.82) is 0 Å². The zero-order chi connectivity index (χ0) is 66.8. The summed E-state index contributed by atoms with van der Waals surface area (Å²) >= 11 is 0. The van der Waals surface area contributed by atoms with Gasteiger partial charge >= 0.3 is 0 Å². The molecule has 1 aromatic heterocycles. The first-order valence-corrected chi connectivity index (χ1v) is 30.0. The number of imidazole rings is 1. The predicted molar refractivity (Wildman–Crippen MR) is 331 cm³/mol. The molecule has 4 rings (SSSR count). The van der Waals surface area contributed by atoms with Crippen LogP contribution in [0.25, 0.3) is 0 Å². The highest BCUT2D eigenvalue weighted by atomic mass is 16.3. The van der Waals surface area contributed by atoms with Crippen LogP contribution in [0, 0.1) is 5.92 Å². The van der Waals surface area contributed by atoms with Crippen LogP contribution in [0.3, 0.4) is 0 Å². The number of rotatable bonds is 42. The highest BCUT2D eigenvalue weighted by molar-refractivity contribution is 6.53. The van der Waals surface area contributed by atoms with E-state index in [1.165, 1.54) is 12.5 Å². The van der Waals surface area contributed by atoms with Crippen molar-refractivity contribution in [2.24, 2.45) is 33.8 Å². The van der Waals surface area contributed by atoms with E-state index in [2.05, 4.69) is 73.4 Å². The number of anilines is 1. The molecule has 2 aromatic carbocycles. The van der Waals surface area contributed by atoms with Crippen molar-refractivity contribution in [3.8, 4) is 0 Å². The van der Waals surface area contributed by atoms with Crippen molar-refractivity contribution in [1.82, 2.24) is 63.1 Å². The number of nitrogens with one attached hydrogen (secondary N) is 12. The molecule has 0 fully saturated rings. The third-order valence-electron chi connectivity index (χ3n) is 14.0. The monoisotopic (exact) mass is 1270 g/mol. The van der Waals surface area contributed by atoms with Crippen molar-refractivity contribution in [2.45, 2.75) is 140 Å². The number of aliphatic imine (C=N–C) groups is 1. The van der Waals surface area contributed by atoms with Gasteiger partial charge in [0.05, 0.1) is 31.7 Å². The number of hydrogen-bond donors (Lipinski definition) is 17. The summed E-state index contributed by atoms with van der Waals surface area (Å²) in [6.07, 6.45) is 3.60. The molecule has 0 saturated carbocycles. The van der Waals surface area contributed by atoms with Crippen LogP contribution in [0.1, 0.15) is 106 Å². The molecule has 12 amide bonds. The fourth-order valence-corrected chi connectivity index (χ4v) is 9.20. The van der Waals surface area contributed by atoms with E-state index in [1.807, 2.05) is 0 Å². The largest absolute Gasteiger partial charge is 0.394 e. The topological polar surface area (TPSA) is 520 Å². The van der Waals surface area contributed by atoms with Crippen molar-refractivity contribution in [3.05, 3.63) is 83.9 Å². The normalized spacial score (nSPS) is 14.3. The maximum atomic E-state index is 14.2. The molecule has 0 saturated heterocycles. The number of nitrogens with zero attached hydrogens (tertiary/aromatic N) is 2. The number of Topliss-reactive ketones (excluding diaryl/α,β-unsaturated/α-hetero) is 1. The number of unbranched alkanes of at least 4 members (excludes halogenated alkanes) is 2. The van der Waals surface area contributed by atoms with Gasteiger partial charge in [-0.25, -0.2) is 4.98 Å². The lowest BCUT2D eigenvalue weighted by Gasteiger charge is -2.25. The summed E-state index contributed by atoms with van der Waals surface area (Å²) in [7, 11) is 0. The average Bonchev–Trinajstić information content (AvgIpc) is 1.73. The van der Waals surface area contributed by atoms with E-state index in [4.69, 9.17) is 22.9 Å². The van der Waals surface area contributed by atoms with Crippen molar-refractivity contribution < 1.29 is 67.4 Å². The zero-order valence-corrected chi connectivity index (χ0v) is 51.1. The van der Waals surface area contributed by atoms with Gasteiger partial charge in [-0.1, -0.05) is 56.3 Å². The number of benzene rings is 2. The Morgan fingerprint density at radius 1 is 0.549 bits per heavy atom. The number of carbonyl (C=O) groups excluding carboxylic acids is 13. The number of aromatic nitrogens is 2. The second kappa shape index (κ2) is 39.3. The lowest BCUT2D eigenvalue weighted by Crippen LogP contribution is -2.59. The van der Waals surface area contributed by atoms with E-state index < -0.39 is 145 Å². The Morgan fingerprint density at radius 2 is 1.10 bits per heavy atom. The molecular formula is C59H86N18O14. The van der Waals surface area contributed by atoms with Crippen LogP contribution in [0.15, 0.2) is 72.1 Å². The van der Waals surface area contributed by atoms with Crippen LogP contribution in [-0.4, -0.2) is 186 Å². The molecule has 0 spiro atoms. The molecule has 1 aliphatic heterocycles. The third kappa shape index (κ3) is 26.9. The van der Waals surface area contributed by atoms with E-state index in [9.17, 15) is 67.4 Å². The fourth-order valence-electron chi connectivity index (χ4n) is 9.20. The fraction of sp³-hybridized carbons (Fsp3) is 0.508. The highest BCUT2D eigenvalue weighted by Gasteiger charge is 2.34. The lowest BCUT2D eigenvalue weighted by molar-refractivity contribution is -0.135. The summed E-state index contributed by atoms with van der Waals surface area (Å²) < 4.78 is 0. The van der Waals surface area contributed by atoms with Gasteiger partial charge in [0, 0.05) is 62.6 Å². The van der Waals surface area contributed by atoms with Gasteiger partial charge in [-0.3, -0.25) is 67.3 Å². The highest BCUT2D eigenvalue weighted by Crippen LogP contribution is 2.23. The Bertz CT molecular complexity index is 3000. The number of amidine groups is 1. The van der Waals surface area contributed by atoms with Crippen LogP contribution in [0.2, 0.25) is 0 Å². The number of aliphatic hydroxyl groups excluding tert-OH is 1. The van der Waals surface area contributed by atoms with Gasteiger partial charge in [0.2, 0.25) is 76.7 Å². The van der Waals surface area contributed by atoms with Crippen LogP contribution >= 0.6 is 0 Å². The Morgan fingerprint density at radius 3 is 1.71 bits per heavy atom. The molecule has 2 heterocycles. The zero-order valence-electron chi connectivity index (χ0n) is 51.1. The van der Waals surface area contributed by atoms with Gasteiger partial charge in [-0.05, 0) is 88.1 Å². The number of aromatic amines is 1. The molecule has 32 nitrogen and oxygen atoms in total. The Kier molecular flexibility index (Phi) is 31.9. The van der Waals surface area contributed by atoms with Gasteiger partial charge in [-0.15, -0.1) is 0 Å². The predicted octanol–water partition coefficient (Wildman–Crippen LogP) is -4.53. The smallest absolute Gasteiger partial charge is 0.245 e. The number of H-pyrrole nitrogens is 1. The van der Waals surface area contributed by atoms with E-state index in [-0.39, 0.29) is 89.2 Å². The van der Waals surface area contributed by atoms with Crippen molar-refractivity contribution in [3.63, 3.8) is 0 Å². The lowest BCUT2D eigenvalue weighted by atomic mass is 10.0. The van der Waals surface area contributed by atoms with Gasteiger partial charge in [-0.2, -0.15) is 0 Å². The number of hydrogen-bond acceptors (Lipinski definition) is 18. The Balaban J connectivity index is 1.37. The van der Waals surface area contributed by atoms with E-state index in [0.29, 0.717) is 48.3 Å². The summed E-state index contributed by atoms with van der Waals surface area (Å²) in [5, 5.41) is 38.6.